The highest BCUT2D eigenvalue weighted by atomic mass is 79.9. The first-order valence-corrected chi connectivity index (χ1v) is 8.69. The molecule has 0 aliphatic carbocycles. The molecule has 0 fully saturated rings. The Balaban J connectivity index is 1.86. The largest absolute Gasteiger partial charge is 0.493 e. The van der Waals surface area contributed by atoms with Crippen LogP contribution in [-0.4, -0.2) is 12.5 Å². The first kappa shape index (κ1) is 16.5. The van der Waals surface area contributed by atoms with E-state index in [0.29, 0.717) is 17.9 Å². The van der Waals surface area contributed by atoms with E-state index in [4.69, 9.17) is 4.74 Å². The fourth-order valence-electron chi connectivity index (χ4n) is 2.48. The van der Waals surface area contributed by atoms with Crippen LogP contribution in [0, 0.1) is 0 Å². The molecule has 0 radical (unpaired) electrons. The summed E-state index contributed by atoms with van der Waals surface area (Å²) in [6.45, 7) is 2.62. The Labute approximate surface area is 149 Å². The third kappa shape index (κ3) is 3.77. The summed E-state index contributed by atoms with van der Waals surface area (Å²) in [5, 5.41) is 5.19. The second-order valence-electron chi connectivity index (χ2n) is 5.50. The summed E-state index contributed by atoms with van der Waals surface area (Å²) >= 11 is 3.42. The van der Waals surface area contributed by atoms with E-state index in [1.54, 1.807) is 6.07 Å². The molecule has 122 valence electrons. The van der Waals surface area contributed by atoms with E-state index >= 15 is 0 Å². The summed E-state index contributed by atoms with van der Waals surface area (Å²) in [6.07, 6.45) is 0.891. The van der Waals surface area contributed by atoms with Gasteiger partial charge in [-0.2, -0.15) is 0 Å². The van der Waals surface area contributed by atoms with Crippen LogP contribution in [0.15, 0.2) is 65.1 Å². The van der Waals surface area contributed by atoms with Gasteiger partial charge in [-0.3, -0.25) is 4.79 Å². The fourth-order valence-corrected chi connectivity index (χ4v) is 2.84. The maximum absolute atomic E-state index is 12.7. The monoisotopic (exact) mass is 383 g/mol. The predicted octanol–water partition coefficient (Wildman–Crippen LogP) is 5.64. The zero-order chi connectivity index (χ0) is 16.9. The lowest BCUT2D eigenvalue weighted by Gasteiger charge is -2.12. The average molecular weight is 384 g/mol. The fraction of sp³-hybridized carbons (Fsp3) is 0.150. The van der Waals surface area contributed by atoms with Gasteiger partial charge in [0.05, 0.1) is 12.2 Å². The van der Waals surface area contributed by atoms with Crippen molar-refractivity contribution in [3.8, 4) is 5.75 Å². The van der Waals surface area contributed by atoms with Gasteiger partial charge in [0, 0.05) is 10.2 Å². The molecule has 0 aliphatic heterocycles. The van der Waals surface area contributed by atoms with Crippen LogP contribution in [0.5, 0.6) is 5.75 Å². The van der Waals surface area contributed by atoms with Gasteiger partial charge in [0.1, 0.15) is 5.75 Å². The van der Waals surface area contributed by atoms with E-state index in [-0.39, 0.29) is 5.91 Å². The van der Waals surface area contributed by atoms with Crippen molar-refractivity contribution >= 4 is 38.3 Å². The molecule has 0 saturated carbocycles. The van der Waals surface area contributed by atoms with Crippen molar-refractivity contribution in [1.82, 2.24) is 0 Å². The Hall–Kier alpha value is -2.33. The van der Waals surface area contributed by atoms with Crippen molar-refractivity contribution in [3.63, 3.8) is 0 Å². The second kappa shape index (κ2) is 7.49. The van der Waals surface area contributed by atoms with Crippen LogP contribution < -0.4 is 10.1 Å². The van der Waals surface area contributed by atoms with Crippen LogP contribution >= 0.6 is 15.9 Å². The summed E-state index contributed by atoms with van der Waals surface area (Å²) < 4.78 is 6.53. The lowest BCUT2D eigenvalue weighted by Crippen LogP contribution is -2.14. The summed E-state index contributed by atoms with van der Waals surface area (Å²) in [5.74, 6) is 0.413. The molecule has 0 bridgehead atoms. The van der Waals surface area contributed by atoms with Crippen LogP contribution in [0.4, 0.5) is 5.69 Å². The number of halogens is 1. The average Bonchev–Trinajstić information content (AvgIpc) is 2.60. The third-order valence-corrected chi connectivity index (χ3v) is 4.15. The Kier molecular flexibility index (Phi) is 5.16. The molecular formula is C20H18BrNO2. The van der Waals surface area contributed by atoms with Crippen molar-refractivity contribution < 1.29 is 9.53 Å². The van der Waals surface area contributed by atoms with Crippen molar-refractivity contribution in [2.45, 2.75) is 13.3 Å². The normalized spacial score (nSPS) is 10.6. The Morgan fingerprint density at radius 2 is 1.83 bits per heavy atom. The van der Waals surface area contributed by atoms with Gasteiger partial charge >= 0.3 is 0 Å². The molecule has 0 spiro atoms. The number of benzene rings is 3. The molecule has 3 aromatic carbocycles. The van der Waals surface area contributed by atoms with Gasteiger partial charge in [0.15, 0.2) is 0 Å². The van der Waals surface area contributed by atoms with Crippen LogP contribution in [0.2, 0.25) is 0 Å². The van der Waals surface area contributed by atoms with Gasteiger partial charge in [-0.1, -0.05) is 53.2 Å². The lowest BCUT2D eigenvalue weighted by molar-refractivity contribution is 0.102. The van der Waals surface area contributed by atoms with E-state index in [1.165, 1.54) is 0 Å². The van der Waals surface area contributed by atoms with Gasteiger partial charge in [-0.05, 0) is 47.5 Å². The number of hydrogen-bond acceptors (Lipinski definition) is 2. The summed E-state index contributed by atoms with van der Waals surface area (Å²) in [5.41, 5.74) is 1.28. The molecule has 3 aromatic rings. The minimum atomic E-state index is -0.183. The number of amides is 1. The van der Waals surface area contributed by atoms with E-state index in [2.05, 4.69) is 21.2 Å². The highest BCUT2D eigenvalue weighted by Crippen LogP contribution is 2.25. The molecular weight excluding hydrogens is 366 g/mol. The minimum Gasteiger partial charge on any atom is -0.493 e. The zero-order valence-corrected chi connectivity index (χ0v) is 15.0. The number of rotatable bonds is 5. The highest BCUT2D eigenvalue weighted by Gasteiger charge is 2.14. The summed E-state index contributed by atoms with van der Waals surface area (Å²) in [4.78, 5) is 12.7. The number of anilines is 1. The molecule has 0 aliphatic rings. The van der Waals surface area contributed by atoms with Crippen molar-refractivity contribution in [2.24, 2.45) is 0 Å². The topological polar surface area (TPSA) is 38.3 Å². The van der Waals surface area contributed by atoms with Crippen LogP contribution in [0.25, 0.3) is 10.8 Å². The molecule has 0 heterocycles. The van der Waals surface area contributed by atoms with E-state index in [1.807, 2.05) is 61.5 Å². The molecule has 0 saturated heterocycles. The molecule has 3 nitrogen and oxygen atoms in total. The van der Waals surface area contributed by atoms with E-state index in [0.717, 1.165) is 27.4 Å². The number of nitrogens with one attached hydrogen (secondary N) is 1. The number of hydrogen-bond donors (Lipinski definition) is 1. The quantitative estimate of drug-likeness (QED) is 0.618. The smallest absolute Gasteiger partial charge is 0.259 e. The number of carbonyl (C=O) groups is 1. The van der Waals surface area contributed by atoms with E-state index < -0.39 is 0 Å². The third-order valence-electron chi connectivity index (χ3n) is 3.66. The molecule has 24 heavy (non-hydrogen) atoms. The molecule has 1 amide bonds. The number of ether oxygens (including phenoxy) is 1. The van der Waals surface area contributed by atoms with E-state index in [9.17, 15) is 4.79 Å². The number of fused-ring (bicyclic) bond motifs is 1. The standard InChI is InChI=1S/C20H18BrNO2/c1-2-11-24-19-10-8-16(21)13-18(19)20(23)22-17-9-7-14-5-3-4-6-15(14)12-17/h3-10,12-13H,2,11H2,1H3,(H,22,23). The van der Waals surface area contributed by atoms with Crippen LogP contribution in [-0.2, 0) is 0 Å². The number of carbonyl (C=O) groups excluding carboxylic acids is 1. The Bertz CT molecular complexity index is 876. The van der Waals surface area contributed by atoms with Crippen molar-refractivity contribution in [1.29, 1.82) is 0 Å². The molecule has 3 rings (SSSR count). The van der Waals surface area contributed by atoms with Crippen LogP contribution in [0.1, 0.15) is 23.7 Å². The minimum absolute atomic E-state index is 0.183. The highest BCUT2D eigenvalue weighted by molar-refractivity contribution is 9.10. The summed E-state index contributed by atoms with van der Waals surface area (Å²) in [7, 11) is 0. The van der Waals surface area contributed by atoms with Crippen molar-refractivity contribution in [3.05, 3.63) is 70.7 Å². The van der Waals surface area contributed by atoms with Gasteiger partial charge in [-0.25, -0.2) is 0 Å². The molecule has 1 N–H and O–H groups in total. The van der Waals surface area contributed by atoms with Gasteiger partial charge < -0.3 is 10.1 Å². The van der Waals surface area contributed by atoms with Gasteiger partial charge in [-0.15, -0.1) is 0 Å². The van der Waals surface area contributed by atoms with Gasteiger partial charge in [0.2, 0.25) is 0 Å². The molecule has 0 unspecified atom stereocenters. The Morgan fingerprint density at radius 1 is 1.04 bits per heavy atom. The molecule has 4 heteroatoms. The lowest BCUT2D eigenvalue weighted by atomic mass is 10.1. The zero-order valence-electron chi connectivity index (χ0n) is 13.4. The molecule has 0 aromatic heterocycles. The van der Waals surface area contributed by atoms with Crippen molar-refractivity contribution in [2.75, 3.05) is 11.9 Å². The summed E-state index contributed by atoms with van der Waals surface area (Å²) in [6, 6.07) is 19.4. The van der Waals surface area contributed by atoms with Gasteiger partial charge in [0.25, 0.3) is 5.91 Å². The first-order chi connectivity index (χ1) is 11.7. The first-order valence-electron chi connectivity index (χ1n) is 7.90. The predicted molar refractivity (Wildman–Crippen MR) is 102 cm³/mol. The maximum Gasteiger partial charge on any atom is 0.259 e. The Morgan fingerprint density at radius 3 is 2.62 bits per heavy atom. The molecule has 0 atom stereocenters. The second-order valence-corrected chi connectivity index (χ2v) is 6.42. The van der Waals surface area contributed by atoms with Crippen LogP contribution in [0.3, 0.4) is 0 Å². The SMILES string of the molecule is CCCOc1ccc(Br)cc1C(=O)Nc1ccc2ccccc2c1. The maximum atomic E-state index is 12.7.